The second-order valence-electron chi connectivity index (χ2n) is 7.57. The summed E-state index contributed by atoms with van der Waals surface area (Å²) < 4.78 is 11.8. The minimum absolute atomic E-state index is 0.150. The topological polar surface area (TPSA) is 47.6 Å². The summed E-state index contributed by atoms with van der Waals surface area (Å²) in [5.74, 6) is 1.77. The van der Waals surface area contributed by atoms with E-state index in [4.69, 9.17) is 9.47 Å². The van der Waals surface area contributed by atoms with Gasteiger partial charge in [0, 0.05) is 5.39 Å². The van der Waals surface area contributed by atoms with Crippen molar-refractivity contribution in [1.82, 2.24) is 5.32 Å². The van der Waals surface area contributed by atoms with E-state index in [1.165, 1.54) is 0 Å². The molecule has 0 radical (unpaired) electrons. The number of carbonyl (C=O) groups is 1. The lowest BCUT2D eigenvalue weighted by Gasteiger charge is -2.19. The predicted molar refractivity (Wildman–Crippen MR) is 118 cm³/mol. The highest BCUT2D eigenvalue weighted by atomic mass is 16.5. The van der Waals surface area contributed by atoms with Gasteiger partial charge in [0.2, 0.25) is 0 Å². The fourth-order valence-electron chi connectivity index (χ4n) is 3.27. The van der Waals surface area contributed by atoms with Crippen LogP contribution >= 0.6 is 0 Å². The first-order chi connectivity index (χ1) is 14.0. The van der Waals surface area contributed by atoms with E-state index in [9.17, 15) is 4.79 Å². The minimum Gasteiger partial charge on any atom is -0.491 e. The third kappa shape index (κ3) is 5.29. The van der Waals surface area contributed by atoms with E-state index in [0.29, 0.717) is 19.1 Å². The van der Waals surface area contributed by atoms with Crippen LogP contribution in [0, 0.1) is 6.92 Å². The second-order valence-corrected chi connectivity index (χ2v) is 7.57. The number of benzene rings is 3. The molecule has 0 saturated heterocycles. The maximum absolute atomic E-state index is 12.4. The highest BCUT2D eigenvalue weighted by Gasteiger charge is 2.17. The number of ether oxygens (including phenoxy) is 2. The summed E-state index contributed by atoms with van der Waals surface area (Å²) in [6.07, 6.45) is -0.577. The Labute approximate surface area is 172 Å². The summed E-state index contributed by atoms with van der Waals surface area (Å²) in [5, 5.41) is 5.10. The largest absolute Gasteiger partial charge is 0.491 e. The fourth-order valence-corrected chi connectivity index (χ4v) is 3.27. The van der Waals surface area contributed by atoms with Crippen LogP contribution in [-0.4, -0.2) is 25.2 Å². The standard InChI is InChI=1S/C25H29NO3/c1-17(2)21-13-12-18(3)16-24(21)29-19(4)25(27)26-14-15-28-23-11-7-9-20-8-5-6-10-22(20)23/h5-13,16-17,19H,14-15H2,1-4H3,(H,26,27). The van der Waals surface area contributed by atoms with Gasteiger partial charge in [-0.05, 0) is 48.4 Å². The van der Waals surface area contributed by atoms with Crippen LogP contribution in [0.15, 0.2) is 60.7 Å². The number of hydrogen-bond acceptors (Lipinski definition) is 3. The molecule has 1 amide bonds. The molecule has 0 fully saturated rings. The molecule has 0 aliphatic rings. The van der Waals surface area contributed by atoms with Gasteiger partial charge in [0.25, 0.3) is 5.91 Å². The number of nitrogens with one attached hydrogen (secondary N) is 1. The molecule has 1 atom stereocenters. The van der Waals surface area contributed by atoms with Crippen molar-refractivity contribution in [3.8, 4) is 11.5 Å². The minimum atomic E-state index is -0.577. The van der Waals surface area contributed by atoms with Crippen LogP contribution in [0.1, 0.15) is 37.8 Å². The van der Waals surface area contributed by atoms with E-state index >= 15 is 0 Å². The molecule has 3 aromatic rings. The van der Waals surface area contributed by atoms with Crippen molar-refractivity contribution in [3.05, 3.63) is 71.8 Å². The molecule has 0 spiro atoms. The van der Waals surface area contributed by atoms with E-state index in [0.717, 1.165) is 33.4 Å². The van der Waals surface area contributed by atoms with Gasteiger partial charge in [-0.15, -0.1) is 0 Å². The maximum atomic E-state index is 12.4. The first-order valence-electron chi connectivity index (χ1n) is 10.1. The van der Waals surface area contributed by atoms with Gasteiger partial charge in [0.05, 0.1) is 6.54 Å². The van der Waals surface area contributed by atoms with Gasteiger partial charge in [-0.25, -0.2) is 0 Å². The molecule has 4 heteroatoms. The molecular formula is C25H29NO3. The summed E-state index contributed by atoms with van der Waals surface area (Å²) in [4.78, 5) is 12.4. The lowest BCUT2D eigenvalue weighted by atomic mass is 10.0. The molecule has 0 heterocycles. The molecule has 0 saturated carbocycles. The third-order valence-electron chi connectivity index (χ3n) is 4.87. The zero-order valence-electron chi connectivity index (χ0n) is 17.6. The number of amides is 1. The first-order valence-corrected chi connectivity index (χ1v) is 10.1. The highest BCUT2D eigenvalue weighted by molar-refractivity contribution is 5.88. The molecule has 29 heavy (non-hydrogen) atoms. The van der Waals surface area contributed by atoms with Crippen LogP contribution in [0.4, 0.5) is 0 Å². The average Bonchev–Trinajstić information content (AvgIpc) is 2.71. The van der Waals surface area contributed by atoms with Crippen LogP contribution in [0.2, 0.25) is 0 Å². The maximum Gasteiger partial charge on any atom is 0.260 e. The Morgan fingerprint density at radius 2 is 1.72 bits per heavy atom. The van der Waals surface area contributed by atoms with Crippen molar-refractivity contribution in [1.29, 1.82) is 0 Å². The van der Waals surface area contributed by atoms with Crippen LogP contribution in [-0.2, 0) is 4.79 Å². The summed E-state index contributed by atoms with van der Waals surface area (Å²) in [5.41, 5.74) is 2.22. The lowest BCUT2D eigenvalue weighted by molar-refractivity contribution is -0.127. The molecule has 0 bridgehead atoms. The fraction of sp³-hybridized carbons (Fsp3) is 0.320. The molecule has 0 aliphatic heterocycles. The zero-order valence-corrected chi connectivity index (χ0v) is 17.6. The van der Waals surface area contributed by atoms with E-state index in [1.54, 1.807) is 6.92 Å². The smallest absolute Gasteiger partial charge is 0.260 e. The van der Waals surface area contributed by atoms with Gasteiger partial charge in [0.15, 0.2) is 6.10 Å². The number of aryl methyl sites for hydroxylation is 1. The number of fused-ring (bicyclic) bond motifs is 1. The molecular weight excluding hydrogens is 362 g/mol. The Hall–Kier alpha value is -3.01. The molecule has 4 nitrogen and oxygen atoms in total. The molecule has 0 aromatic heterocycles. The van der Waals surface area contributed by atoms with Gasteiger partial charge >= 0.3 is 0 Å². The van der Waals surface area contributed by atoms with Gasteiger partial charge in [-0.3, -0.25) is 4.79 Å². The zero-order chi connectivity index (χ0) is 20.8. The number of carbonyl (C=O) groups excluding carboxylic acids is 1. The van der Waals surface area contributed by atoms with E-state index in [-0.39, 0.29) is 5.91 Å². The molecule has 152 valence electrons. The lowest BCUT2D eigenvalue weighted by Crippen LogP contribution is -2.38. The third-order valence-corrected chi connectivity index (χ3v) is 4.87. The summed E-state index contributed by atoms with van der Waals surface area (Å²) >= 11 is 0. The van der Waals surface area contributed by atoms with E-state index in [1.807, 2.05) is 43.3 Å². The normalized spacial score (nSPS) is 12.0. The van der Waals surface area contributed by atoms with Crippen molar-refractivity contribution in [2.75, 3.05) is 13.2 Å². The molecule has 3 rings (SSSR count). The van der Waals surface area contributed by atoms with E-state index < -0.39 is 6.10 Å². The Balaban J connectivity index is 1.52. The Kier molecular flexibility index (Phi) is 6.76. The van der Waals surface area contributed by atoms with E-state index in [2.05, 4.69) is 43.4 Å². The first kappa shape index (κ1) is 20.7. The summed E-state index contributed by atoms with van der Waals surface area (Å²) in [6, 6.07) is 20.2. The molecule has 3 aromatic carbocycles. The van der Waals surface area contributed by atoms with Crippen molar-refractivity contribution in [2.24, 2.45) is 0 Å². The van der Waals surface area contributed by atoms with Gasteiger partial charge in [-0.2, -0.15) is 0 Å². The van der Waals surface area contributed by atoms with Crippen molar-refractivity contribution < 1.29 is 14.3 Å². The second kappa shape index (κ2) is 9.46. The monoisotopic (exact) mass is 391 g/mol. The molecule has 0 aliphatic carbocycles. The van der Waals surface area contributed by atoms with Crippen LogP contribution in [0.5, 0.6) is 11.5 Å². The molecule has 1 unspecified atom stereocenters. The Morgan fingerprint density at radius 1 is 0.966 bits per heavy atom. The van der Waals surface area contributed by atoms with Gasteiger partial charge in [0.1, 0.15) is 18.1 Å². The van der Waals surface area contributed by atoms with Crippen LogP contribution in [0.3, 0.4) is 0 Å². The Morgan fingerprint density at radius 3 is 2.52 bits per heavy atom. The quantitative estimate of drug-likeness (QED) is 0.535. The van der Waals surface area contributed by atoms with Crippen molar-refractivity contribution >= 4 is 16.7 Å². The van der Waals surface area contributed by atoms with Gasteiger partial charge < -0.3 is 14.8 Å². The summed E-state index contributed by atoms with van der Waals surface area (Å²) in [7, 11) is 0. The molecule has 1 N–H and O–H groups in total. The van der Waals surface area contributed by atoms with Crippen molar-refractivity contribution in [3.63, 3.8) is 0 Å². The van der Waals surface area contributed by atoms with Gasteiger partial charge in [-0.1, -0.05) is 62.4 Å². The Bertz CT molecular complexity index is 975. The highest BCUT2D eigenvalue weighted by Crippen LogP contribution is 2.28. The predicted octanol–water partition coefficient (Wildman–Crippen LogP) is 5.23. The number of rotatable bonds is 8. The SMILES string of the molecule is Cc1ccc(C(C)C)c(OC(C)C(=O)NCCOc2cccc3ccccc23)c1. The van der Waals surface area contributed by atoms with Crippen LogP contribution < -0.4 is 14.8 Å². The van der Waals surface area contributed by atoms with Crippen LogP contribution in [0.25, 0.3) is 10.8 Å². The average molecular weight is 392 g/mol. The van der Waals surface area contributed by atoms with Crippen molar-refractivity contribution in [2.45, 2.75) is 39.7 Å². The number of hydrogen-bond donors (Lipinski definition) is 1. The summed E-state index contributed by atoms with van der Waals surface area (Å²) in [6.45, 7) is 8.84.